The lowest BCUT2D eigenvalue weighted by molar-refractivity contribution is -0.114. The molecule has 0 aliphatic rings. The molecule has 0 atom stereocenters. The fourth-order valence-electron chi connectivity index (χ4n) is 3.41. The van der Waals surface area contributed by atoms with Gasteiger partial charge in [-0.1, -0.05) is 12.1 Å². The molecule has 4 rings (SSSR count). The number of hydrogen-bond donors (Lipinski definition) is 2. The molecule has 0 unspecified atom stereocenters. The third-order valence-corrected chi connectivity index (χ3v) is 5.06. The van der Waals surface area contributed by atoms with Gasteiger partial charge < -0.3 is 20.1 Å². The second-order valence-electron chi connectivity index (χ2n) is 7.29. The summed E-state index contributed by atoms with van der Waals surface area (Å²) in [6.45, 7) is 1.76. The van der Waals surface area contributed by atoms with Crippen LogP contribution in [0.4, 0.5) is 5.69 Å². The van der Waals surface area contributed by atoms with Crippen LogP contribution in [0.5, 0.6) is 11.5 Å². The number of benzene rings is 2. The van der Waals surface area contributed by atoms with Crippen molar-refractivity contribution < 1.29 is 19.1 Å². The molecule has 0 aliphatic carbocycles. The zero-order valence-corrected chi connectivity index (χ0v) is 18.5. The van der Waals surface area contributed by atoms with Crippen LogP contribution in [0.2, 0.25) is 0 Å². The number of rotatable bonds is 7. The molecule has 0 spiro atoms. The van der Waals surface area contributed by atoms with E-state index in [-0.39, 0.29) is 11.8 Å². The van der Waals surface area contributed by atoms with Crippen LogP contribution in [0.1, 0.15) is 22.8 Å². The summed E-state index contributed by atoms with van der Waals surface area (Å²) >= 11 is 0. The highest BCUT2D eigenvalue weighted by molar-refractivity contribution is 5.94. The standard InChI is InChI=1S/C24H23N5O4/c1-15(30)26-19-9-11-22-27-28-23(29(22)14-19)16-4-6-17(7-5-16)24(31)25-13-18-8-10-20(32-2)12-21(18)33-3/h4-12,14H,13H2,1-3H3,(H,25,31)(H,26,30). The molecule has 0 fully saturated rings. The summed E-state index contributed by atoms with van der Waals surface area (Å²) in [6, 6.07) is 16.1. The van der Waals surface area contributed by atoms with Gasteiger partial charge in [0.25, 0.3) is 5.91 Å². The van der Waals surface area contributed by atoms with E-state index < -0.39 is 0 Å². The van der Waals surface area contributed by atoms with E-state index in [1.165, 1.54) is 6.92 Å². The van der Waals surface area contributed by atoms with Gasteiger partial charge in [-0.3, -0.25) is 14.0 Å². The van der Waals surface area contributed by atoms with Crippen LogP contribution in [0.3, 0.4) is 0 Å². The second kappa shape index (κ2) is 9.39. The van der Waals surface area contributed by atoms with Crippen LogP contribution in [0, 0.1) is 0 Å². The predicted molar refractivity (Wildman–Crippen MR) is 123 cm³/mol. The monoisotopic (exact) mass is 445 g/mol. The van der Waals surface area contributed by atoms with Crippen molar-refractivity contribution >= 4 is 23.1 Å². The maximum absolute atomic E-state index is 12.6. The molecular formula is C24H23N5O4. The second-order valence-corrected chi connectivity index (χ2v) is 7.29. The summed E-state index contributed by atoms with van der Waals surface area (Å²) in [6.07, 6.45) is 1.76. The van der Waals surface area contributed by atoms with Crippen molar-refractivity contribution in [1.82, 2.24) is 19.9 Å². The van der Waals surface area contributed by atoms with E-state index in [1.807, 2.05) is 24.3 Å². The average Bonchev–Trinajstić information content (AvgIpc) is 3.25. The number of anilines is 1. The highest BCUT2D eigenvalue weighted by Crippen LogP contribution is 2.25. The third-order valence-electron chi connectivity index (χ3n) is 5.06. The van der Waals surface area contributed by atoms with Gasteiger partial charge in [-0.15, -0.1) is 10.2 Å². The number of nitrogens with zero attached hydrogens (tertiary/aromatic N) is 3. The lowest BCUT2D eigenvalue weighted by atomic mass is 10.1. The highest BCUT2D eigenvalue weighted by Gasteiger charge is 2.12. The molecule has 2 aromatic carbocycles. The number of carbonyl (C=O) groups excluding carboxylic acids is 2. The Kier molecular flexibility index (Phi) is 6.21. The lowest BCUT2D eigenvalue weighted by Gasteiger charge is -2.11. The quantitative estimate of drug-likeness (QED) is 0.452. The zero-order chi connectivity index (χ0) is 23.4. The van der Waals surface area contributed by atoms with Crippen molar-refractivity contribution in [3.05, 3.63) is 71.9 Å². The number of hydrogen-bond acceptors (Lipinski definition) is 6. The molecule has 9 heteroatoms. The van der Waals surface area contributed by atoms with Crippen molar-refractivity contribution in [2.24, 2.45) is 0 Å². The van der Waals surface area contributed by atoms with Crippen molar-refractivity contribution in [2.75, 3.05) is 19.5 Å². The minimum absolute atomic E-state index is 0.161. The molecule has 0 bridgehead atoms. The molecule has 2 amide bonds. The smallest absolute Gasteiger partial charge is 0.251 e. The molecule has 2 aromatic heterocycles. The van der Waals surface area contributed by atoms with Crippen molar-refractivity contribution in [3.8, 4) is 22.9 Å². The number of amides is 2. The van der Waals surface area contributed by atoms with Gasteiger partial charge in [0.15, 0.2) is 11.5 Å². The van der Waals surface area contributed by atoms with Gasteiger partial charge in [-0.2, -0.15) is 0 Å². The van der Waals surface area contributed by atoms with Crippen LogP contribution < -0.4 is 20.1 Å². The summed E-state index contributed by atoms with van der Waals surface area (Å²) in [7, 11) is 3.16. The molecule has 2 N–H and O–H groups in total. The fraction of sp³-hybridized carbons (Fsp3) is 0.167. The molecule has 9 nitrogen and oxygen atoms in total. The van der Waals surface area contributed by atoms with Crippen LogP contribution in [0.25, 0.3) is 17.0 Å². The predicted octanol–water partition coefficient (Wildman–Crippen LogP) is 3.30. The summed E-state index contributed by atoms with van der Waals surface area (Å²) in [5, 5.41) is 14.1. The van der Waals surface area contributed by atoms with E-state index in [9.17, 15) is 9.59 Å². The van der Waals surface area contributed by atoms with Gasteiger partial charge in [0.05, 0.1) is 19.9 Å². The van der Waals surface area contributed by atoms with Gasteiger partial charge in [-0.05, 0) is 36.4 Å². The minimum atomic E-state index is -0.210. The number of carbonyl (C=O) groups is 2. The summed E-state index contributed by atoms with van der Waals surface area (Å²) in [5.41, 5.74) is 3.43. The number of ether oxygens (including phenoxy) is 2. The Morgan fingerprint density at radius 1 is 0.970 bits per heavy atom. The van der Waals surface area contributed by atoms with E-state index in [0.717, 1.165) is 11.1 Å². The minimum Gasteiger partial charge on any atom is -0.497 e. The van der Waals surface area contributed by atoms with E-state index in [4.69, 9.17) is 9.47 Å². The number of methoxy groups -OCH3 is 2. The Hall–Kier alpha value is -4.40. The molecule has 0 aliphatic heterocycles. The first kappa shape index (κ1) is 21.8. The average molecular weight is 445 g/mol. The number of fused-ring (bicyclic) bond motifs is 1. The van der Waals surface area contributed by atoms with Gasteiger partial charge in [0, 0.05) is 42.4 Å². The van der Waals surface area contributed by atoms with Crippen LogP contribution >= 0.6 is 0 Å². The molecule has 0 saturated heterocycles. The molecule has 2 heterocycles. The Morgan fingerprint density at radius 2 is 1.76 bits per heavy atom. The van der Waals surface area contributed by atoms with E-state index in [2.05, 4.69) is 20.8 Å². The molecule has 0 radical (unpaired) electrons. The number of aromatic nitrogens is 3. The molecular weight excluding hydrogens is 422 g/mol. The maximum atomic E-state index is 12.6. The third kappa shape index (κ3) is 4.77. The zero-order valence-electron chi connectivity index (χ0n) is 18.5. The summed E-state index contributed by atoms with van der Waals surface area (Å²) < 4.78 is 12.4. The van der Waals surface area contributed by atoms with Crippen molar-refractivity contribution in [1.29, 1.82) is 0 Å². The van der Waals surface area contributed by atoms with E-state index in [0.29, 0.717) is 40.8 Å². The highest BCUT2D eigenvalue weighted by atomic mass is 16.5. The molecule has 33 heavy (non-hydrogen) atoms. The SMILES string of the molecule is COc1ccc(CNC(=O)c2ccc(-c3nnc4ccc(NC(C)=O)cn34)cc2)c(OC)c1. The number of pyridine rings is 1. The van der Waals surface area contributed by atoms with Gasteiger partial charge in [-0.25, -0.2) is 0 Å². The van der Waals surface area contributed by atoms with Crippen molar-refractivity contribution in [3.63, 3.8) is 0 Å². The van der Waals surface area contributed by atoms with E-state index >= 15 is 0 Å². The van der Waals surface area contributed by atoms with Crippen LogP contribution in [-0.2, 0) is 11.3 Å². The van der Waals surface area contributed by atoms with Gasteiger partial charge in [0.1, 0.15) is 11.5 Å². The maximum Gasteiger partial charge on any atom is 0.251 e. The Labute approximate surface area is 190 Å². The normalized spacial score (nSPS) is 10.6. The lowest BCUT2D eigenvalue weighted by Crippen LogP contribution is -2.23. The largest absolute Gasteiger partial charge is 0.497 e. The Bertz CT molecular complexity index is 1310. The summed E-state index contributed by atoms with van der Waals surface area (Å²) in [5.74, 6) is 1.56. The molecule has 4 aromatic rings. The van der Waals surface area contributed by atoms with Crippen LogP contribution in [0.15, 0.2) is 60.8 Å². The number of nitrogens with one attached hydrogen (secondary N) is 2. The van der Waals surface area contributed by atoms with Crippen molar-refractivity contribution in [2.45, 2.75) is 13.5 Å². The van der Waals surface area contributed by atoms with Gasteiger partial charge in [0.2, 0.25) is 5.91 Å². The van der Waals surface area contributed by atoms with E-state index in [1.54, 1.807) is 55.1 Å². The fourth-order valence-corrected chi connectivity index (χ4v) is 3.41. The first-order chi connectivity index (χ1) is 16.0. The first-order valence-electron chi connectivity index (χ1n) is 10.2. The van der Waals surface area contributed by atoms with Gasteiger partial charge >= 0.3 is 0 Å². The molecule has 0 saturated carbocycles. The van der Waals surface area contributed by atoms with Crippen LogP contribution in [-0.4, -0.2) is 40.6 Å². The molecule has 168 valence electrons. The first-order valence-corrected chi connectivity index (χ1v) is 10.2. The Balaban J connectivity index is 1.49. The topological polar surface area (TPSA) is 107 Å². The summed E-state index contributed by atoms with van der Waals surface area (Å²) in [4.78, 5) is 24.0. The Morgan fingerprint density at radius 3 is 2.45 bits per heavy atom.